The Labute approximate surface area is 135 Å². The molecule has 1 atom stereocenters. The highest BCUT2D eigenvalue weighted by atomic mass is 35.5. The molecule has 5 nitrogen and oxygen atoms in total. The number of hydrogen-bond donors (Lipinski definition) is 1. The molecule has 1 aromatic rings. The summed E-state index contributed by atoms with van der Waals surface area (Å²) in [4.78, 5) is 26.3. The van der Waals surface area contributed by atoms with Crippen molar-refractivity contribution in [2.45, 2.75) is 12.8 Å². The fraction of sp³-hybridized carbons (Fsp3) is 0.500. The molecule has 2 rings (SSSR count). The van der Waals surface area contributed by atoms with Gasteiger partial charge in [-0.2, -0.15) is 0 Å². The van der Waals surface area contributed by atoms with E-state index in [0.717, 1.165) is 12.8 Å². The predicted octanol–water partition coefficient (Wildman–Crippen LogP) is 1.95. The molecule has 1 aliphatic heterocycles. The Morgan fingerprint density at radius 1 is 1.36 bits per heavy atom. The van der Waals surface area contributed by atoms with E-state index in [1.54, 1.807) is 36.3 Å². The van der Waals surface area contributed by atoms with E-state index in [4.69, 9.17) is 16.3 Å². The number of halogens is 1. The zero-order valence-electron chi connectivity index (χ0n) is 12.7. The summed E-state index contributed by atoms with van der Waals surface area (Å²) < 4.78 is 4.92. The molecule has 1 fully saturated rings. The van der Waals surface area contributed by atoms with Crippen LogP contribution in [-0.2, 0) is 9.53 Å². The van der Waals surface area contributed by atoms with E-state index < -0.39 is 0 Å². The van der Waals surface area contributed by atoms with Gasteiger partial charge in [-0.15, -0.1) is 0 Å². The Morgan fingerprint density at radius 2 is 2.09 bits per heavy atom. The number of piperidine rings is 1. The molecule has 22 heavy (non-hydrogen) atoms. The van der Waals surface area contributed by atoms with Crippen LogP contribution in [0.1, 0.15) is 23.2 Å². The van der Waals surface area contributed by atoms with Crippen LogP contribution in [0.3, 0.4) is 0 Å². The SMILES string of the molecule is COCCNC(=O)[C@@H]1CCCN(C(=O)c2ccc(Cl)cc2)C1. The number of amides is 2. The minimum absolute atomic E-state index is 0.00865. The van der Waals surface area contributed by atoms with E-state index >= 15 is 0 Å². The number of benzene rings is 1. The second-order valence-electron chi connectivity index (χ2n) is 5.38. The standard InChI is InChI=1S/C16H21ClN2O3/c1-22-10-8-18-15(20)13-3-2-9-19(11-13)16(21)12-4-6-14(17)7-5-12/h4-7,13H,2-3,8-11H2,1H3,(H,18,20)/t13-/m1/s1. The molecule has 1 aliphatic rings. The monoisotopic (exact) mass is 324 g/mol. The van der Waals surface area contributed by atoms with Crippen LogP contribution in [0, 0.1) is 5.92 Å². The molecule has 0 radical (unpaired) electrons. The minimum Gasteiger partial charge on any atom is -0.383 e. The van der Waals surface area contributed by atoms with Crippen molar-refractivity contribution in [1.82, 2.24) is 10.2 Å². The van der Waals surface area contributed by atoms with Crippen LogP contribution in [0.2, 0.25) is 5.02 Å². The van der Waals surface area contributed by atoms with E-state index in [0.29, 0.717) is 36.8 Å². The number of likely N-dealkylation sites (tertiary alicyclic amines) is 1. The van der Waals surface area contributed by atoms with Crippen LogP contribution >= 0.6 is 11.6 Å². The van der Waals surface area contributed by atoms with Crippen molar-refractivity contribution in [2.24, 2.45) is 5.92 Å². The Balaban J connectivity index is 1.93. The summed E-state index contributed by atoms with van der Waals surface area (Å²) in [7, 11) is 1.60. The number of hydrogen-bond acceptors (Lipinski definition) is 3. The fourth-order valence-electron chi connectivity index (χ4n) is 2.57. The smallest absolute Gasteiger partial charge is 0.253 e. The maximum Gasteiger partial charge on any atom is 0.253 e. The van der Waals surface area contributed by atoms with Crippen molar-refractivity contribution >= 4 is 23.4 Å². The average molecular weight is 325 g/mol. The lowest BCUT2D eigenvalue weighted by Gasteiger charge is -2.32. The topological polar surface area (TPSA) is 58.6 Å². The summed E-state index contributed by atoms with van der Waals surface area (Å²) in [5, 5.41) is 3.44. The summed E-state index contributed by atoms with van der Waals surface area (Å²) in [6, 6.07) is 6.83. The lowest BCUT2D eigenvalue weighted by molar-refractivity contribution is -0.126. The molecule has 0 aromatic heterocycles. The molecular weight excluding hydrogens is 304 g/mol. The van der Waals surface area contributed by atoms with E-state index in [1.807, 2.05) is 0 Å². The molecular formula is C16H21ClN2O3. The van der Waals surface area contributed by atoms with Gasteiger partial charge in [-0.1, -0.05) is 11.6 Å². The highest BCUT2D eigenvalue weighted by Gasteiger charge is 2.28. The van der Waals surface area contributed by atoms with E-state index in [-0.39, 0.29) is 17.7 Å². The zero-order chi connectivity index (χ0) is 15.9. The van der Waals surface area contributed by atoms with Crippen molar-refractivity contribution in [3.8, 4) is 0 Å². The number of nitrogens with zero attached hydrogens (tertiary/aromatic N) is 1. The third-order valence-electron chi connectivity index (χ3n) is 3.78. The van der Waals surface area contributed by atoms with Gasteiger partial charge in [-0.05, 0) is 37.1 Å². The lowest BCUT2D eigenvalue weighted by atomic mass is 9.96. The van der Waals surface area contributed by atoms with E-state index in [1.165, 1.54) is 0 Å². The fourth-order valence-corrected chi connectivity index (χ4v) is 2.70. The summed E-state index contributed by atoms with van der Waals surface area (Å²) >= 11 is 5.84. The lowest BCUT2D eigenvalue weighted by Crippen LogP contribution is -2.45. The molecule has 0 aliphatic carbocycles. The predicted molar refractivity (Wildman–Crippen MR) is 85.0 cm³/mol. The Kier molecular flexibility index (Phi) is 6.21. The maximum atomic E-state index is 12.5. The van der Waals surface area contributed by atoms with Gasteiger partial charge in [0.25, 0.3) is 5.91 Å². The first-order valence-electron chi connectivity index (χ1n) is 7.43. The largest absolute Gasteiger partial charge is 0.383 e. The van der Waals surface area contributed by atoms with Gasteiger partial charge in [0, 0.05) is 37.3 Å². The Bertz CT molecular complexity index is 519. The molecule has 2 amide bonds. The average Bonchev–Trinajstić information content (AvgIpc) is 2.55. The molecule has 0 unspecified atom stereocenters. The molecule has 0 bridgehead atoms. The van der Waals surface area contributed by atoms with Crippen LogP contribution in [0.5, 0.6) is 0 Å². The minimum atomic E-state index is -0.151. The Morgan fingerprint density at radius 3 is 2.77 bits per heavy atom. The summed E-state index contributed by atoms with van der Waals surface area (Å²) in [6.45, 7) is 2.13. The number of methoxy groups -OCH3 is 1. The first-order valence-corrected chi connectivity index (χ1v) is 7.81. The highest BCUT2D eigenvalue weighted by Crippen LogP contribution is 2.19. The van der Waals surface area contributed by atoms with Crippen molar-refractivity contribution < 1.29 is 14.3 Å². The molecule has 1 aromatic carbocycles. The molecule has 1 heterocycles. The third kappa shape index (κ3) is 4.45. The molecule has 0 saturated carbocycles. The number of carbonyl (C=O) groups excluding carboxylic acids is 2. The summed E-state index contributed by atoms with van der Waals surface area (Å²) in [5.41, 5.74) is 0.602. The Hall–Kier alpha value is -1.59. The molecule has 6 heteroatoms. The van der Waals surface area contributed by atoms with Crippen LogP contribution in [0.25, 0.3) is 0 Å². The summed E-state index contributed by atoms with van der Waals surface area (Å²) in [5.74, 6) is -0.210. The zero-order valence-corrected chi connectivity index (χ0v) is 13.4. The van der Waals surface area contributed by atoms with Gasteiger partial charge in [-0.25, -0.2) is 0 Å². The maximum absolute atomic E-state index is 12.5. The van der Waals surface area contributed by atoms with Gasteiger partial charge in [0.2, 0.25) is 5.91 Å². The number of carbonyl (C=O) groups is 2. The third-order valence-corrected chi connectivity index (χ3v) is 4.03. The molecule has 1 N–H and O–H groups in total. The van der Waals surface area contributed by atoms with Gasteiger partial charge in [0.1, 0.15) is 0 Å². The van der Waals surface area contributed by atoms with Crippen LogP contribution in [0.15, 0.2) is 24.3 Å². The quantitative estimate of drug-likeness (QED) is 0.842. The second kappa shape index (κ2) is 8.15. The van der Waals surface area contributed by atoms with E-state index in [2.05, 4.69) is 5.32 Å². The first kappa shape index (κ1) is 16.8. The van der Waals surface area contributed by atoms with Gasteiger partial charge >= 0.3 is 0 Å². The highest BCUT2D eigenvalue weighted by molar-refractivity contribution is 6.30. The summed E-state index contributed by atoms with van der Waals surface area (Å²) in [6.07, 6.45) is 1.64. The van der Waals surface area contributed by atoms with Crippen molar-refractivity contribution in [2.75, 3.05) is 33.4 Å². The van der Waals surface area contributed by atoms with Crippen LogP contribution in [-0.4, -0.2) is 50.1 Å². The molecule has 0 spiro atoms. The number of ether oxygens (including phenoxy) is 1. The van der Waals surface area contributed by atoms with E-state index in [9.17, 15) is 9.59 Å². The molecule has 120 valence electrons. The van der Waals surface area contributed by atoms with Gasteiger partial charge in [-0.3, -0.25) is 9.59 Å². The number of rotatable bonds is 5. The van der Waals surface area contributed by atoms with Crippen molar-refractivity contribution in [3.63, 3.8) is 0 Å². The van der Waals surface area contributed by atoms with Gasteiger partial charge in [0.15, 0.2) is 0 Å². The van der Waals surface area contributed by atoms with Gasteiger partial charge < -0.3 is 15.0 Å². The molecule has 1 saturated heterocycles. The van der Waals surface area contributed by atoms with Crippen LogP contribution < -0.4 is 5.32 Å². The normalized spacial score (nSPS) is 18.1. The van der Waals surface area contributed by atoms with Crippen LogP contribution in [0.4, 0.5) is 0 Å². The number of nitrogens with one attached hydrogen (secondary N) is 1. The first-order chi connectivity index (χ1) is 10.6. The van der Waals surface area contributed by atoms with Crippen molar-refractivity contribution in [1.29, 1.82) is 0 Å². The van der Waals surface area contributed by atoms with Gasteiger partial charge in [0.05, 0.1) is 12.5 Å². The second-order valence-corrected chi connectivity index (χ2v) is 5.82. The van der Waals surface area contributed by atoms with Crippen molar-refractivity contribution in [3.05, 3.63) is 34.9 Å².